The number of rotatable bonds is 3. The fraction of sp³-hybridized carbons (Fsp3) is 0.667. The summed E-state index contributed by atoms with van der Waals surface area (Å²) in [7, 11) is 2.17. The van der Waals surface area contributed by atoms with Crippen molar-refractivity contribution in [3.05, 3.63) is 29.8 Å². The van der Waals surface area contributed by atoms with Crippen LogP contribution in [0, 0.1) is 0 Å². The van der Waals surface area contributed by atoms with Crippen molar-refractivity contribution < 1.29 is 4.74 Å². The van der Waals surface area contributed by atoms with Gasteiger partial charge in [-0.15, -0.1) is 0 Å². The molecular weight excluding hydrogens is 260 g/mol. The molecule has 1 aliphatic carbocycles. The molecule has 21 heavy (non-hydrogen) atoms. The van der Waals surface area contributed by atoms with E-state index >= 15 is 0 Å². The Hall–Kier alpha value is -1.06. The quantitative estimate of drug-likeness (QED) is 0.927. The van der Waals surface area contributed by atoms with Crippen LogP contribution in [0.15, 0.2) is 24.3 Å². The van der Waals surface area contributed by atoms with Gasteiger partial charge in [-0.25, -0.2) is 0 Å². The van der Waals surface area contributed by atoms with E-state index in [1.807, 2.05) is 0 Å². The van der Waals surface area contributed by atoms with Crippen LogP contribution in [0.4, 0.5) is 0 Å². The van der Waals surface area contributed by atoms with E-state index < -0.39 is 0 Å². The third kappa shape index (κ3) is 3.58. The van der Waals surface area contributed by atoms with E-state index in [2.05, 4.69) is 36.2 Å². The van der Waals surface area contributed by atoms with Gasteiger partial charge in [0.2, 0.25) is 0 Å². The molecule has 116 valence electrons. The predicted octanol–water partition coefficient (Wildman–Crippen LogP) is 3.28. The third-order valence-electron chi connectivity index (χ3n) is 5.06. The van der Waals surface area contributed by atoms with Gasteiger partial charge in [0.15, 0.2) is 0 Å². The standard InChI is InChI=1S/C18H28N2O/c1-20-13-5-6-17(14-20)21-16-9-7-15(8-10-16)18(19)11-3-2-4-12-18/h7-10,17H,2-6,11-14,19H2,1H3. The van der Waals surface area contributed by atoms with Gasteiger partial charge in [-0.1, -0.05) is 31.4 Å². The maximum absolute atomic E-state index is 6.59. The maximum Gasteiger partial charge on any atom is 0.119 e. The van der Waals surface area contributed by atoms with Crippen molar-refractivity contribution in [2.75, 3.05) is 20.1 Å². The Morgan fingerprint density at radius 2 is 1.81 bits per heavy atom. The van der Waals surface area contributed by atoms with E-state index in [9.17, 15) is 0 Å². The molecule has 3 nitrogen and oxygen atoms in total. The fourth-order valence-corrected chi connectivity index (χ4v) is 3.74. The van der Waals surface area contributed by atoms with E-state index in [0.717, 1.165) is 31.6 Å². The zero-order chi connectivity index (χ0) is 14.7. The summed E-state index contributed by atoms with van der Waals surface area (Å²) in [5.41, 5.74) is 7.75. The number of piperidine rings is 1. The zero-order valence-corrected chi connectivity index (χ0v) is 13.2. The lowest BCUT2D eigenvalue weighted by atomic mass is 9.77. The molecule has 3 heteroatoms. The van der Waals surface area contributed by atoms with Gasteiger partial charge in [0.1, 0.15) is 11.9 Å². The molecule has 2 aliphatic rings. The molecule has 1 aromatic carbocycles. The summed E-state index contributed by atoms with van der Waals surface area (Å²) in [6, 6.07) is 8.56. The van der Waals surface area contributed by atoms with Gasteiger partial charge < -0.3 is 15.4 Å². The minimum Gasteiger partial charge on any atom is -0.489 e. The molecule has 0 bridgehead atoms. The molecule has 0 aromatic heterocycles. The second kappa shape index (κ2) is 6.37. The molecule has 1 saturated heterocycles. The van der Waals surface area contributed by atoms with Gasteiger partial charge in [0, 0.05) is 12.1 Å². The second-order valence-electron chi connectivity index (χ2n) is 6.89. The molecule has 1 atom stereocenters. The third-order valence-corrected chi connectivity index (χ3v) is 5.06. The first kappa shape index (κ1) is 14.9. The van der Waals surface area contributed by atoms with Crippen LogP contribution in [0.3, 0.4) is 0 Å². The summed E-state index contributed by atoms with van der Waals surface area (Å²) in [5, 5.41) is 0. The Bertz CT molecular complexity index is 451. The smallest absolute Gasteiger partial charge is 0.119 e. The summed E-state index contributed by atoms with van der Waals surface area (Å²) in [4.78, 5) is 2.35. The van der Waals surface area contributed by atoms with Gasteiger partial charge in [0.25, 0.3) is 0 Å². The highest BCUT2D eigenvalue weighted by Crippen LogP contribution is 2.35. The number of hydrogen-bond donors (Lipinski definition) is 1. The van der Waals surface area contributed by atoms with Crippen LogP contribution in [0.25, 0.3) is 0 Å². The largest absolute Gasteiger partial charge is 0.489 e. The molecule has 1 aliphatic heterocycles. The fourth-order valence-electron chi connectivity index (χ4n) is 3.74. The normalized spacial score (nSPS) is 26.5. The van der Waals surface area contributed by atoms with E-state index in [1.165, 1.54) is 37.8 Å². The van der Waals surface area contributed by atoms with Gasteiger partial charge in [0.05, 0.1) is 0 Å². The van der Waals surface area contributed by atoms with Crippen molar-refractivity contribution in [3.63, 3.8) is 0 Å². The second-order valence-corrected chi connectivity index (χ2v) is 6.89. The Kier molecular flexibility index (Phi) is 4.51. The number of benzene rings is 1. The maximum atomic E-state index is 6.59. The lowest BCUT2D eigenvalue weighted by Gasteiger charge is -2.34. The van der Waals surface area contributed by atoms with E-state index in [-0.39, 0.29) is 5.54 Å². The Labute approximate surface area is 128 Å². The van der Waals surface area contributed by atoms with E-state index in [1.54, 1.807) is 0 Å². The van der Waals surface area contributed by atoms with Crippen molar-refractivity contribution in [3.8, 4) is 5.75 Å². The topological polar surface area (TPSA) is 38.5 Å². The average Bonchev–Trinajstić information content (AvgIpc) is 2.49. The lowest BCUT2D eigenvalue weighted by Crippen LogP contribution is -2.39. The highest BCUT2D eigenvalue weighted by molar-refractivity contribution is 5.32. The molecule has 0 spiro atoms. The Balaban J connectivity index is 1.63. The SMILES string of the molecule is CN1CCCC(Oc2ccc(C3(N)CCCCC3)cc2)C1. The summed E-state index contributed by atoms with van der Waals surface area (Å²) in [6.45, 7) is 2.22. The number of nitrogens with two attached hydrogens (primary N) is 1. The molecule has 2 fully saturated rings. The molecule has 3 rings (SSSR count). The zero-order valence-electron chi connectivity index (χ0n) is 13.2. The molecule has 1 unspecified atom stereocenters. The van der Waals surface area contributed by atoms with Crippen LogP contribution in [0.1, 0.15) is 50.5 Å². The van der Waals surface area contributed by atoms with Crippen LogP contribution in [-0.2, 0) is 5.54 Å². The summed E-state index contributed by atoms with van der Waals surface area (Å²) in [5.74, 6) is 0.985. The Morgan fingerprint density at radius 1 is 1.10 bits per heavy atom. The van der Waals surface area contributed by atoms with E-state index in [4.69, 9.17) is 10.5 Å². The lowest BCUT2D eigenvalue weighted by molar-refractivity contribution is 0.104. The number of hydrogen-bond acceptors (Lipinski definition) is 3. The summed E-state index contributed by atoms with van der Waals surface area (Å²) < 4.78 is 6.12. The van der Waals surface area contributed by atoms with Crippen LogP contribution < -0.4 is 10.5 Å². The van der Waals surface area contributed by atoms with Gasteiger partial charge in [-0.2, -0.15) is 0 Å². The number of likely N-dealkylation sites (tertiary alicyclic amines) is 1. The van der Waals surface area contributed by atoms with Crippen LogP contribution in [0.5, 0.6) is 5.75 Å². The number of nitrogens with zero attached hydrogens (tertiary/aromatic N) is 1. The monoisotopic (exact) mass is 288 g/mol. The molecular formula is C18H28N2O. The molecule has 1 saturated carbocycles. The number of likely N-dealkylation sites (N-methyl/N-ethyl adjacent to an activating group) is 1. The molecule has 1 heterocycles. The summed E-state index contributed by atoms with van der Waals surface area (Å²) >= 11 is 0. The molecule has 2 N–H and O–H groups in total. The summed E-state index contributed by atoms with van der Waals surface area (Å²) in [6.07, 6.45) is 8.78. The van der Waals surface area contributed by atoms with Crippen LogP contribution in [-0.4, -0.2) is 31.1 Å². The van der Waals surface area contributed by atoms with Crippen molar-refractivity contribution in [2.45, 2.75) is 56.6 Å². The van der Waals surface area contributed by atoms with Gasteiger partial charge in [-0.05, 0) is 57.0 Å². The van der Waals surface area contributed by atoms with Crippen molar-refractivity contribution in [1.29, 1.82) is 0 Å². The molecule has 0 radical (unpaired) electrons. The number of ether oxygens (including phenoxy) is 1. The van der Waals surface area contributed by atoms with Crippen LogP contribution in [0.2, 0.25) is 0 Å². The minimum atomic E-state index is -0.109. The van der Waals surface area contributed by atoms with Gasteiger partial charge >= 0.3 is 0 Å². The first-order valence-corrected chi connectivity index (χ1v) is 8.40. The first-order chi connectivity index (χ1) is 10.2. The molecule has 0 amide bonds. The van der Waals surface area contributed by atoms with Crippen molar-refractivity contribution in [1.82, 2.24) is 4.90 Å². The highest BCUT2D eigenvalue weighted by Gasteiger charge is 2.29. The van der Waals surface area contributed by atoms with Crippen molar-refractivity contribution in [2.24, 2.45) is 5.73 Å². The predicted molar refractivity (Wildman–Crippen MR) is 86.5 cm³/mol. The average molecular weight is 288 g/mol. The van der Waals surface area contributed by atoms with E-state index in [0.29, 0.717) is 6.10 Å². The van der Waals surface area contributed by atoms with Crippen molar-refractivity contribution >= 4 is 0 Å². The minimum absolute atomic E-state index is 0.109. The van der Waals surface area contributed by atoms with Gasteiger partial charge in [-0.3, -0.25) is 0 Å². The Morgan fingerprint density at radius 3 is 2.48 bits per heavy atom. The molecule has 1 aromatic rings. The first-order valence-electron chi connectivity index (χ1n) is 8.40. The highest BCUT2D eigenvalue weighted by atomic mass is 16.5. The van der Waals surface area contributed by atoms with Crippen LogP contribution >= 0.6 is 0 Å².